The maximum atomic E-state index is 12.3. The number of primary amides is 1. The van der Waals surface area contributed by atoms with E-state index in [1.54, 1.807) is 11.8 Å². The van der Waals surface area contributed by atoms with E-state index in [1.807, 2.05) is 30.3 Å². The van der Waals surface area contributed by atoms with Gasteiger partial charge in [0, 0.05) is 13.1 Å². The van der Waals surface area contributed by atoms with Gasteiger partial charge in [-0.2, -0.15) is 0 Å². The van der Waals surface area contributed by atoms with Gasteiger partial charge in [-0.3, -0.25) is 9.59 Å². The first-order chi connectivity index (χ1) is 9.42. The maximum Gasteiger partial charge on any atom is 0.239 e. The van der Waals surface area contributed by atoms with Crippen LogP contribution in [0.2, 0.25) is 0 Å². The van der Waals surface area contributed by atoms with E-state index in [-0.39, 0.29) is 11.8 Å². The summed E-state index contributed by atoms with van der Waals surface area (Å²) in [6.45, 7) is 2.70. The summed E-state index contributed by atoms with van der Waals surface area (Å²) in [6.07, 6.45) is 1.11. The van der Waals surface area contributed by atoms with Crippen molar-refractivity contribution >= 4 is 11.8 Å². The third-order valence-corrected chi connectivity index (χ3v) is 4.00. The molecule has 4 N–H and O–H groups in total. The average Bonchev–Trinajstić information content (AvgIpc) is 2.83. The summed E-state index contributed by atoms with van der Waals surface area (Å²) in [4.78, 5) is 25.4. The van der Waals surface area contributed by atoms with Crippen molar-refractivity contribution in [3.8, 4) is 0 Å². The number of amides is 2. The van der Waals surface area contributed by atoms with Crippen molar-refractivity contribution in [3.05, 3.63) is 35.9 Å². The molecule has 1 unspecified atom stereocenters. The summed E-state index contributed by atoms with van der Waals surface area (Å²) in [6, 6.07) is 9.09. The lowest BCUT2D eigenvalue weighted by Gasteiger charge is -2.23. The van der Waals surface area contributed by atoms with E-state index in [0.717, 1.165) is 5.56 Å². The zero-order chi connectivity index (χ0) is 14.8. The van der Waals surface area contributed by atoms with Crippen molar-refractivity contribution < 1.29 is 9.59 Å². The smallest absolute Gasteiger partial charge is 0.239 e. The Hall–Kier alpha value is -1.88. The van der Waals surface area contributed by atoms with Crippen LogP contribution < -0.4 is 11.5 Å². The number of nitrogens with zero attached hydrogens (tertiary/aromatic N) is 1. The number of likely N-dealkylation sites (tertiary alicyclic amines) is 1. The summed E-state index contributed by atoms with van der Waals surface area (Å²) in [5, 5.41) is 0. The largest absolute Gasteiger partial charge is 0.369 e. The molecule has 1 aliphatic heterocycles. The van der Waals surface area contributed by atoms with E-state index in [1.165, 1.54) is 0 Å². The molecule has 0 aliphatic carbocycles. The van der Waals surface area contributed by atoms with Gasteiger partial charge in [-0.05, 0) is 25.3 Å². The molecule has 5 nitrogen and oxygen atoms in total. The standard InChI is InChI=1S/C15H21N3O2/c1-15(14(17)20)7-8-18(10-15)13(19)12(16)9-11-5-3-2-4-6-11/h2-6,12H,7-10,16H2,1H3,(H2,17,20)/t12-,15?/m1/s1. The average molecular weight is 275 g/mol. The molecule has 0 saturated carbocycles. The van der Waals surface area contributed by atoms with Crippen molar-refractivity contribution in [2.45, 2.75) is 25.8 Å². The fraction of sp³-hybridized carbons (Fsp3) is 0.467. The van der Waals surface area contributed by atoms with Gasteiger partial charge in [0.1, 0.15) is 0 Å². The van der Waals surface area contributed by atoms with Gasteiger partial charge >= 0.3 is 0 Å². The van der Waals surface area contributed by atoms with Crippen LogP contribution in [0, 0.1) is 5.41 Å². The van der Waals surface area contributed by atoms with Crippen LogP contribution in [0.15, 0.2) is 30.3 Å². The minimum absolute atomic E-state index is 0.112. The first-order valence-corrected chi connectivity index (χ1v) is 6.80. The van der Waals surface area contributed by atoms with Gasteiger partial charge in [-0.15, -0.1) is 0 Å². The molecule has 0 radical (unpaired) electrons. The fourth-order valence-corrected chi connectivity index (χ4v) is 2.54. The highest BCUT2D eigenvalue weighted by Crippen LogP contribution is 2.29. The summed E-state index contributed by atoms with van der Waals surface area (Å²) in [5.41, 5.74) is 11.8. The molecule has 0 aromatic heterocycles. The van der Waals surface area contributed by atoms with Gasteiger partial charge in [-0.1, -0.05) is 30.3 Å². The topological polar surface area (TPSA) is 89.4 Å². The van der Waals surface area contributed by atoms with Crippen LogP contribution in [0.4, 0.5) is 0 Å². The Morgan fingerprint density at radius 3 is 2.55 bits per heavy atom. The predicted octanol–water partition coefficient (Wildman–Crippen LogP) is 0.280. The first kappa shape index (κ1) is 14.5. The van der Waals surface area contributed by atoms with E-state index in [2.05, 4.69) is 0 Å². The molecule has 20 heavy (non-hydrogen) atoms. The predicted molar refractivity (Wildman–Crippen MR) is 76.6 cm³/mol. The molecule has 1 heterocycles. The SMILES string of the molecule is CC1(C(N)=O)CCN(C(=O)[C@H](N)Cc2ccccc2)C1. The number of rotatable bonds is 4. The molecule has 0 bridgehead atoms. The van der Waals surface area contributed by atoms with Gasteiger partial charge in [0.05, 0.1) is 11.5 Å². The number of hydrogen-bond donors (Lipinski definition) is 2. The van der Waals surface area contributed by atoms with E-state index < -0.39 is 11.5 Å². The van der Waals surface area contributed by atoms with Crippen molar-refractivity contribution in [2.75, 3.05) is 13.1 Å². The number of nitrogens with two attached hydrogens (primary N) is 2. The molecule has 108 valence electrons. The monoisotopic (exact) mass is 275 g/mol. The van der Waals surface area contributed by atoms with Crippen LogP contribution in [0.25, 0.3) is 0 Å². The zero-order valence-corrected chi connectivity index (χ0v) is 11.7. The van der Waals surface area contributed by atoms with Crippen molar-refractivity contribution in [2.24, 2.45) is 16.9 Å². The second-order valence-electron chi connectivity index (χ2n) is 5.73. The van der Waals surface area contributed by atoms with Crippen LogP contribution in [-0.4, -0.2) is 35.8 Å². The Morgan fingerprint density at radius 1 is 1.35 bits per heavy atom. The van der Waals surface area contributed by atoms with E-state index in [0.29, 0.717) is 25.9 Å². The third kappa shape index (κ3) is 2.99. The van der Waals surface area contributed by atoms with E-state index in [9.17, 15) is 9.59 Å². The number of carbonyl (C=O) groups excluding carboxylic acids is 2. The summed E-state index contributed by atoms with van der Waals surface area (Å²) < 4.78 is 0. The maximum absolute atomic E-state index is 12.3. The van der Waals surface area contributed by atoms with E-state index in [4.69, 9.17) is 11.5 Å². The Bertz CT molecular complexity index is 503. The van der Waals surface area contributed by atoms with Gasteiger partial charge in [-0.25, -0.2) is 0 Å². The molecule has 1 saturated heterocycles. The molecule has 1 aliphatic rings. The van der Waals surface area contributed by atoms with Crippen molar-refractivity contribution in [1.29, 1.82) is 0 Å². The summed E-state index contributed by atoms with van der Waals surface area (Å²) in [5.74, 6) is -0.469. The normalized spacial score (nSPS) is 23.6. The molecule has 5 heteroatoms. The van der Waals surface area contributed by atoms with Gasteiger partial charge < -0.3 is 16.4 Å². The molecule has 2 atom stereocenters. The molecule has 0 spiro atoms. The van der Waals surface area contributed by atoms with Crippen molar-refractivity contribution in [3.63, 3.8) is 0 Å². The lowest BCUT2D eigenvalue weighted by atomic mass is 9.89. The zero-order valence-electron chi connectivity index (χ0n) is 11.7. The van der Waals surface area contributed by atoms with Gasteiger partial charge in [0.25, 0.3) is 0 Å². The van der Waals surface area contributed by atoms with Gasteiger partial charge in [0.2, 0.25) is 11.8 Å². The van der Waals surface area contributed by atoms with Crippen molar-refractivity contribution in [1.82, 2.24) is 4.90 Å². The van der Waals surface area contributed by atoms with Crippen LogP contribution in [0.5, 0.6) is 0 Å². The second kappa shape index (κ2) is 5.63. The molecule has 2 amide bonds. The minimum Gasteiger partial charge on any atom is -0.369 e. The van der Waals surface area contributed by atoms with Crippen LogP contribution in [-0.2, 0) is 16.0 Å². The Balaban J connectivity index is 1.97. The molecule has 1 fully saturated rings. The number of benzene rings is 1. The molecule has 1 aromatic carbocycles. The highest BCUT2D eigenvalue weighted by Gasteiger charge is 2.41. The third-order valence-electron chi connectivity index (χ3n) is 4.00. The van der Waals surface area contributed by atoms with Crippen LogP contribution in [0.1, 0.15) is 18.9 Å². The van der Waals surface area contributed by atoms with E-state index >= 15 is 0 Å². The highest BCUT2D eigenvalue weighted by molar-refractivity contribution is 5.86. The summed E-state index contributed by atoms with van der Waals surface area (Å²) in [7, 11) is 0. The first-order valence-electron chi connectivity index (χ1n) is 6.80. The lowest BCUT2D eigenvalue weighted by molar-refractivity contribution is -0.132. The molecular formula is C15H21N3O2. The van der Waals surface area contributed by atoms with Crippen LogP contribution in [0.3, 0.4) is 0 Å². The Kier molecular flexibility index (Phi) is 4.09. The molecule has 1 aromatic rings. The van der Waals surface area contributed by atoms with Gasteiger partial charge in [0.15, 0.2) is 0 Å². The number of carbonyl (C=O) groups is 2. The second-order valence-corrected chi connectivity index (χ2v) is 5.73. The highest BCUT2D eigenvalue weighted by atomic mass is 16.2. The minimum atomic E-state index is -0.623. The lowest BCUT2D eigenvalue weighted by Crippen LogP contribution is -2.46. The number of hydrogen-bond acceptors (Lipinski definition) is 3. The molecular weight excluding hydrogens is 254 g/mol. The Labute approximate surface area is 118 Å². The summed E-state index contributed by atoms with van der Waals surface area (Å²) >= 11 is 0. The molecule has 2 rings (SSSR count). The quantitative estimate of drug-likeness (QED) is 0.827. The Morgan fingerprint density at radius 2 is 2.00 bits per heavy atom. The fourth-order valence-electron chi connectivity index (χ4n) is 2.54. The van der Waals surface area contributed by atoms with Crippen LogP contribution >= 0.6 is 0 Å².